The second-order valence-electron chi connectivity index (χ2n) is 4.06. The number of hydrogen-bond acceptors (Lipinski definition) is 1. The fraction of sp³-hybridized carbons (Fsp3) is 0.455. The van der Waals surface area contributed by atoms with Crippen LogP contribution in [0.4, 0.5) is 0 Å². The van der Waals surface area contributed by atoms with E-state index in [1.807, 2.05) is 19.1 Å². The first kappa shape index (κ1) is 11.8. The number of rotatable bonds is 2. The van der Waals surface area contributed by atoms with Crippen molar-refractivity contribution in [2.45, 2.75) is 26.3 Å². The van der Waals surface area contributed by atoms with Gasteiger partial charge in [0.1, 0.15) is 0 Å². The summed E-state index contributed by atoms with van der Waals surface area (Å²) >= 11 is 11.9. The van der Waals surface area contributed by atoms with E-state index in [-0.39, 0.29) is 0 Å². The Kier molecular flexibility index (Phi) is 3.46. The Hall–Kier alpha value is -0.240. The molecule has 14 heavy (non-hydrogen) atoms. The van der Waals surface area contributed by atoms with Gasteiger partial charge in [0, 0.05) is 15.6 Å². The zero-order valence-electron chi connectivity index (χ0n) is 8.64. The summed E-state index contributed by atoms with van der Waals surface area (Å²) in [7, 11) is 0. The molecule has 1 aromatic rings. The molecule has 2 N–H and O–H groups in total. The molecule has 1 rings (SSSR count). The summed E-state index contributed by atoms with van der Waals surface area (Å²) in [6.45, 7) is 6.13. The maximum absolute atomic E-state index is 6.20. The summed E-state index contributed by atoms with van der Waals surface area (Å²) in [5.41, 5.74) is 6.73. The number of benzene rings is 1. The lowest BCUT2D eigenvalue weighted by atomic mass is 9.83. The van der Waals surface area contributed by atoms with Crippen LogP contribution in [0.25, 0.3) is 0 Å². The lowest BCUT2D eigenvalue weighted by Gasteiger charge is -2.30. The molecule has 0 radical (unpaired) electrons. The van der Waals surface area contributed by atoms with Crippen molar-refractivity contribution in [3.8, 4) is 0 Å². The van der Waals surface area contributed by atoms with Gasteiger partial charge in [-0.05, 0) is 30.5 Å². The van der Waals surface area contributed by atoms with E-state index in [0.717, 1.165) is 5.56 Å². The third-order valence-electron chi connectivity index (χ3n) is 2.71. The van der Waals surface area contributed by atoms with E-state index >= 15 is 0 Å². The maximum Gasteiger partial charge on any atom is 0.0471 e. The van der Waals surface area contributed by atoms with Crippen LogP contribution in [0.2, 0.25) is 10.0 Å². The molecule has 1 nitrogen and oxygen atoms in total. The summed E-state index contributed by atoms with van der Waals surface area (Å²) in [5.74, 6) is 0.321. The lowest BCUT2D eigenvalue weighted by Crippen LogP contribution is -2.38. The minimum atomic E-state index is -0.415. The molecule has 0 aliphatic carbocycles. The van der Waals surface area contributed by atoms with Gasteiger partial charge in [-0.25, -0.2) is 0 Å². The minimum Gasteiger partial charge on any atom is -0.321 e. The molecule has 3 heteroatoms. The average Bonchev–Trinajstić information content (AvgIpc) is 2.02. The Morgan fingerprint density at radius 2 is 1.86 bits per heavy atom. The van der Waals surface area contributed by atoms with E-state index in [1.54, 1.807) is 6.07 Å². The van der Waals surface area contributed by atoms with Crippen LogP contribution in [0, 0.1) is 5.92 Å². The Morgan fingerprint density at radius 3 is 2.29 bits per heavy atom. The van der Waals surface area contributed by atoms with Gasteiger partial charge in [-0.2, -0.15) is 0 Å². The molecule has 78 valence electrons. The average molecular weight is 232 g/mol. The van der Waals surface area contributed by atoms with Crippen LogP contribution >= 0.6 is 23.2 Å². The van der Waals surface area contributed by atoms with Crippen LogP contribution in [0.15, 0.2) is 18.2 Å². The first-order chi connectivity index (χ1) is 6.35. The molecule has 0 fully saturated rings. The monoisotopic (exact) mass is 231 g/mol. The van der Waals surface area contributed by atoms with Gasteiger partial charge < -0.3 is 5.73 Å². The molecule has 0 aromatic heterocycles. The van der Waals surface area contributed by atoms with E-state index in [0.29, 0.717) is 16.0 Å². The topological polar surface area (TPSA) is 26.0 Å². The predicted molar refractivity (Wildman–Crippen MR) is 62.8 cm³/mol. The zero-order chi connectivity index (χ0) is 10.9. The summed E-state index contributed by atoms with van der Waals surface area (Å²) < 4.78 is 0. The molecule has 1 atom stereocenters. The standard InChI is InChI=1S/C11H15Cl2N/c1-7(2)11(3,14)9-5-4-8(12)6-10(9)13/h4-7H,14H2,1-3H3/t11-/m1/s1. The molecular weight excluding hydrogens is 217 g/mol. The Balaban J connectivity index is 3.19. The van der Waals surface area contributed by atoms with Gasteiger partial charge in [-0.3, -0.25) is 0 Å². The van der Waals surface area contributed by atoms with Gasteiger partial charge >= 0.3 is 0 Å². The van der Waals surface area contributed by atoms with Crippen molar-refractivity contribution in [1.29, 1.82) is 0 Å². The third-order valence-corrected chi connectivity index (χ3v) is 3.26. The van der Waals surface area contributed by atoms with Crippen molar-refractivity contribution >= 4 is 23.2 Å². The molecule has 0 unspecified atom stereocenters. The quantitative estimate of drug-likeness (QED) is 0.823. The summed E-state index contributed by atoms with van der Waals surface area (Å²) in [5, 5.41) is 1.27. The van der Waals surface area contributed by atoms with E-state index in [2.05, 4.69) is 13.8 Å². The second kappa shape index (κ2) is 4.09. The van der Waals surface area contributed by atoms with Crippen molar-refractivity contribution in [3.63, 3.8) is 0 Å². The van der Waals surface area contributed by atoms with Crippen LogP contribution in [0.3, 0.4) is 0 Å². The van der Waals surface area contributed by atoms with Gasteiger partial charge in [0.15, 0.2) is 0 Å². The highest BCUT2D eigenvalue weighted by Crippen LogP contribution is 2.33. The van der Waals surface area contributed by atoms with Gasteiger partial charge in [-0.15, -0.1) is 0 Å². The maximum atomic E-state index is 6.20. The minimum absolute atomic E-state index is 0.321. The van der Waals surface area contributed by atoms with Gasteiger partial charge in [0.25, 0.3) is 0 Å². The molecule has 0 heterocycles. The molecule has 1 aromatic carbocycles. The molecule has 0 spiro atoms. The smallest absolute Gasteiger partial charge is 0.0471 e. The number of halogens is 2. The molecule has 0 amide bonds. The highest BCUT2D eigenvalue weighted by Gasteiger charge is 2.27. The Labute approximate surface area is 95.2 Å². The van der Waals surface area contributed by atoms with Crippen molar-refractivity contribution < 1.29 is 0 Å². The third kappa shape index (κ3) is 2.22. The lowest BCUT2D eigenvalue weighted by molar-refractivity contribution is 0.351. The predicted octanol–water partition coefficient (Wildman–Crippen LogP) is 3.82. The zero-order valence-corrected chi connectivity index (χ0v) is 10.2. The molecule has 0 aliphatic rings. The van der Waals surface area contributed by atoms with E-state index in [9.17, 15) is 0 Å². The van der Waals surface area contributed by atoms with Crippen molar-refractivity contribution in [2.24, 2.45) is 11.7 Å². The first-order valence-corrected chi connectivity index (χ1v) is 5.35. The van der Waals surface area contributed by atoms with Gasteiger partial charge in [-0.1, -0.05) is 43.1 Å². The van der Waals surface area contributed by atoms with Gasteiger partial charge in [0.05, 0.1) is 0 Å². The van der Waals surface area contributed by atoms with E-state index < -0.39 is 5.54 Å². The summed E-state index contributed by atoms with van der Waals surface area (Å²) in [6, 6.07) is 5.44. The van der Waals surface area contributed by atoms with E-state index in [4.69, 9.17) is 28.9 Å². The second-order valence-corrected chi connectivity index (χ2v) is 4.91. The van der Waals surface area contributed by atoms with Crippen molar-refractivity contribution in [3.05, 3.63) is 33.8 Å². The number of nitrogens with two attached hydrogens (primary N) is 1. The SMILES string of the molecule is CC(C)[C@@](C)(N)c1ccc(Cl)cc1Cl. The normalized spacial score (nSPS) is 15.6. The van der Waals surface area contributed by atoms with E-state index in [1.165, 1.54) is 0 Å². The first-order valence-electron chi connectivity index (χ1n) is 4.60. The molecule has 0 aliphatic heterocycles. The van der Waals surface area contributed by atoms with Crippen LogP contribution in [-0.4, -0.2) is 0 Å². The molecule has 0 bridgehead atoms. The van der Waals surface area contributed by atoms with Crippen LogP contribution in [0.1, 0.15) is 26.3 Å². The number of hydrogen-bond donors (Lipinski definition) is 1. The summed E-state index contributed by atoms with van der Waals surface area (Å²) in [4.78, 5) is 0. The van der Waals surface area contributed by atoms with Crippen LogP contribution < -0.4 is 5.73 Å². The van der Waals surface area contributed by atoms with Crippen LogP contribution in [-0.2, 0) is 5.54 Å². The fourth-order valence-corrected chi connectivity index (χ4v) is 1.85. The van der Waals surface area contributed by atoms with Crippen molar-refractivity contribution in [2.75, 3.05) is 0 Å². The Morgan fingerprint density at radius 1 is 1.29 bits per heavy atom. The highest BCUT2D eigenvalue weighted by atomic mass is 35.5. The van der Waals surface area contributed by atoms with Crippen molar-refractivity contribution in [1.82, 2.24) is 0 Å². The Bertz CT molecular complexity index is 332. The largest absolute Gasteiger partial charge is 0.321 e. The fourth-order valence-electron chi connectivity index (χ4n) is 1.24. The molecular formula is C11H15Cl2N. The summed E-state index contributed by atoms with van der Waals surface area (Å²) in [6.07, 6.45) is 0. The highest BCUT2D eigenvalue weighted by molar-refractivity contribution is 6.35. The van der Waals surface area contributed by atoms with Crippen LogP contribution in [0.5, 0.6) is 0 Å². The molecule has 0 saturated carbocycles. The van der Waals surface area contributed by atoms with Gasteiger partial charge in [0.2, 0.25) is 0 Å². The molecule has 0 saturated heterocycles.